The van der Waals surface area contributed by atoms with E-state index in [1.807, 2.05) is 12.1 Å². The zero-order valence-corrected chi connectivity index (χ0v) is 10.6. The van der Waals surface area contributed by atoms with E-state index in [-0.39, 0.29) is 11.9 Å². The molecule has 1 aromatic rings. The first kappa shape index (κ1) is 13.0. The predicted molar refractivity (Wildman–Crippen MR) is 70.9 cm³/mol. The van der Waals surface area contributed by atoms with E-state index < -0.39 is 0 Å². The lowest BCUT2D eigenvalue weighted by Gasteiger charge is -2.31. The van der Waals surface area contributed by atoms with E-state index in [0.29, 0.717) is 18.9 Å². The summed E-state index contributed by atoms with van der Waals surface area (Å²) < 4.78 is 0. The summed E-state index contributed by atoms with van der Waals surface area (Å²) >= 11 is 0. The molecule has 1 heterocycles. The van der Waals surface area contributed by atoms with Crippen LogP contribution >= 0.6 is 0 Å². The molecule has 18 heavy (non-hydrogen) atoms. The van der Waals surface area contributed by atoms with Crippen LogP contribution in [-0.4, -0.2) is 23.5 Å². The summed E-state index contributed by atoms with van der Waals surface area (Å²) in [6, 6.07) is 4.03. The second kappa shape index (κ2) is 6.50. The molecule has 2 rings (SSSR count). The fourth-order valence-corrected chi connectivity index (χ4v) is 2.63. The first-order valence-electron chi connectivity index (χ1n) is 6.68. The van der Waals surface area contributed by atoms with Gasteiger partial charge in [-0.1, -0.05) is 18.9 Å². The van der Waals surface area contributed by atoms with Gasteiger partial charge < -0.3 is 11.1 Å². The van der Waals surface area contributed by atoms with Crippen molar-refractivity contribution in [3.05, 3.63) is 30.1 Å². The number of nitrogens with zero attached hydrogens (tertiary/aromatic N) is 1. The Hall–Kier alpha value is -1.42. The summed E-state index contributed by atoms with van der Waals surface area (Å²) in [5, 5.41) is 3.12. The lowest BCUT2D eigenvalue weighted by Crippen LogP contribution is -2.45. The molecule has 1 aliphatic rings. The third-order valence-electron chi connectivity index (χ3n) is 3.65. The van der Waals surface area contributed by atoms with Crippen LogP contribution in [0.5, 0.6) is 0 Å². The Bertz CT molecular complexity index is 380. The van der Waals surface area contributed by atoms with Crippen molar-refractivity contribution in [2.24, 2.45) is 11.7 Å². The van der Waals surface area contributed by atoms with Gasteiger partial charge in [0.25, 0.3) is 0 Å². The number of hydrogen-bond acceptors (Lipinski definition) is 3. The zero-order chi connectivity index (χ0) is 12.8. The lowest BCUT2D eigenvalue weighted by molar-refractivity contribution is -0.121. The second-order valence-corrected chi connectivity index (χ2v) is 4.99. The van der Waals surface area contributed by atoms with Gasteiger partial charge in [0, 0.05) is 18.4 Å². The SMILES string of the molecule is NCC1CCCCC1NC(=O)Cc1cccnc1. The van der Waals surface area contributed by atoms with Gasteiger partial charge >= 0.3 is 0 Å². The van der Waals surface area contributed by atoms with Crippen LogP contribution in [0.2, 0.25) is 0 Å². The summed E-state index contributed by atoms with van der Waals surface area (Å²) in [6.45, 7) is 0.665. The summed E-state index contributed by atoms with van der Waals surface area (Å²) in [6.07, 6.45) is 8.47. The Morgan fingerprint density at radius 1 is 1.44 bits per heavy atom. The van der Waals surface area contributed by atoms with Gasteiger partial charge in [0.15, 0.2) is 0 Å². The lowest BCUT2D eigenvalue weighted by atomic mass is 9.84. The molecule has 4 heteroatoms. The second-order valence-electron chi connectivity index (χ2n) is 4.99. The molecule has 0 radical (unpaired) electrons. The van der Waals surface area contributed by atoms with E-state index in [4.69, 9.17) is 5.73 Å². The first-order chi connectivity index (χ1) is 8.79. The minimum absolute atomic E-state index is 0.0772. The van der Waals surface area contributed by atoms with Crippen molar-refractivity contribution in [1.29, 1.82) is 0 Å². The van der Waals surface area contributed by atoms with Crippen molar-refractivity contribution in [3.63, 3.8) is 0 Å². The van der Waals surface area contributed by atoms with Gasteiger partial charge in [0.1, 0.15) is 0 Å². The van der Waals surface area contributed by atoms with E-state index >= 15 is 0 Å². The van der Waals surface area contributed by atoms with E-state index in [0.717, 1.165) is 18.4 Å². The highest BCUT2D eigenvalue weighted by Gasteiger charge is 2.25. The molecule has 0 spiro atoms. The third kappa shape index (κ3) is 3.53. The minimum atomic E-state index is 0.0772. The zero-order valence-electron chi connectivity index (χ0n) is 10.6. The highest BCUT2D eigenvalue weighted by atomic mass is 16.1. The fraction of sp³-hybridized carbons (Fsp3) is 0.571. The van der Waals surface area contributed by atoms with Gasteiger partial charge in [-0.2, -0.15) is 0 Å². The van der Waals surface area contributed by atoms with Crippen molar-refractivity contribution >= 4 is 5.91 Å². The molecule has 2 atom stereocenters. The van der Waals surface area contributed by atoms with Gasteiger partial charge in [0.2, 0.25) is 5.91 Å². The normalized spacial score (nSPS) is 23.6. The standard InChI is InChI=1S/C14H21N3O/c15-9-12-5-1-2-6-13(12)17-14(18)8-11-4-3-7-16-10-11/h3-4,7,10,12-13H,1-2,5-6,8-9,15H2,(H,17,18). The molecule has 1 aliphatic carbocycles. The average molecular weight is 247 g/mol. The van der Waals surface area contributed by atoms with Gasteiger partial charge in [-0.3, -0.25) is 9.78 Å². The highest BCUT2D eigenvalue weighted by Crippen LogP contribution is 2.23. The molecule has 0 aromatic carbocycles. The van der Waals surface area contributed by atoms with Gasteiger partial charge in [-0.25, -0.2) is 0 Å². The maximum absolute atomic E-state index is 12.0. The summed E-state index contributed by atoms with van der Waals surface area (Å²) in [5.74, 6) is 0.518. The molecular formula is C14H21N3O. The molecule has 0 aliphatic heterocycles. The summed E-state index contributed by atoms with van der Waals surface area (Å²) in [4.78, 5) is 16.0. The molecular weight excluding hydrogens is 226 g/mol. The molecule has 1 aromatic heterocycles. The van der Waals surface area contributed by atoms with Crippen LogP contribution in [0.1, 0.15) is 31.2 Å². The monoisotopic (exact) mass is 247 g/mol. The number of amides is 1. The number of pyridine rings is 1. The predicted octanol–water partition coefficient (Wildman–Crippen LogP) is 1.26. The molecule has 1 amide bonds. The quantitative estimate of drug-likeness (QED) is 0.841. The highest BCUT2D eigenvalue weighted by molar-refractivity contribution is 5.78. The molecule has 4 nitrogen and oxygen atoms in total. The summed E-state index contributed by atoms with van der Waals surface area (Å²) in [5.41, 5.74) is 6.71. The number of aromatic nitrogens is 1. The van der Waals surface area contributed by atoms with Crippen molar-refractivity contribution in [1.82, 2.24) is 10.3 Å². The van der Waals surface area contributed by atoms with E-state index in [1.165, 1.54) is 12.8 Å². The molecule has 1 saturated carbocycles. The first-order valence-corrected chi connectivity index (χ1v) is 6.68. The Balaban J connectivity index is 1.86. The molecule has 98 valence electrons. The number of rotatable bonds is 4. The van der Waals surface area contributed by atoms with Gasteiger partial charge in [-0.05, 0) is 36.9 Å². The Morgan fingerprint density at radius 2 is 2.28 bits per heavy atom. The van der Waals surface area contributed by atoms with E-state index in [9.17, 15) is 4.79 Å². The van der Waals surface area contributed by atoms with E-state index in [1.54, 1.807) is 12.4 Å². The molecule has 1 fully saturated rings. The van der Waals surface area contributed by atoms with Gasteiger partial charge in [0.05, 0.1) is 6.42 Å². The molecule has 0 bridgehead atoms. The number of hydrogen-bond donors (Lipinski definition) is 2. The maximum atomic E-state index is 12.0. The Kier molecular flexibility index (Phi) is 4.70. The van der Waals surface area contributed by atoms with Crippen LogP contribution in [0.3, 0.4) is 0 Å². The van der Waals surface area contributed by atoms with Crippen LogP contribution in [-0.2, 0) is 11.2 Å². The molecule has 2 unspecified atom stereocenters. The largest absolute Gasteiger partial charge is 0.353 e. The van der Waals surface area contributed by atoms with Crippen LogP contribution in [0.25, 0.3) is 0 Å². The topological polar surface area (TPSA) is 68.0 Å². The van der Waals surface area contributed by atoms with Crippen molar-refractivity contribution in [2.75, 3.05) is 6.54 Å². The average Bonchev–Trinajstić information content (AvgIpc) is 2.40. The van der Waals surface area contributed by atoms with Crippen LogP contribution in [0.4, 0.5) is 0 Å². The van der Waals surface area contributed by atoms with E-state index in [2.05, 4.69) is 10.3 Å². The fourth-order valence-electron chi connectivity index (χ4n) is 2.63. The number of carbonyl (C=O) groups excluding carboxylic acids is 1. The minimum Gasteiger partial charge on any atom is -0.353 e. The summed E-state index contributed by atoms with van der Waals surface area (Å²) in [7, 11) is 0. The van der Waals surface area contributed by atoms with Crippen LogP contribution < -0.4 is 11.1 Å². The van der Waals surface area contributed by atoms with Crippen LogP contribution in [0.15, 0.2) is 24.5 Å². The number of nitrogens with two attached hydrogens (primary N) is 1. The van der Waals surface area contributed by atoms with Crippen molar-refractivity contribution < 1.29 is 4.79 Å². The molecule has 0 saturated heterocycles. The Labute approximate surface area is 108 Å². The smallest absolute Gasteiger partial charge is 0.224 e. The van der Waals surface area contributed by atoms with Crippen molar-refractivity contribution in [2.45, 2.75) is 38.1 Å². The Morgan fingerprint density at radius 3 is 3.00 bits per heavy atom. The van der Waals surface area contributed by atoms with Crippen LogP contribution in [0, 0.1) is 5.92 Å². The van der Waals surface area contributed by atoms with Crippen molar-refractivity contribution in [3.8, 4) is 0 Å². The number of nitrogens with one attached hydrogen (secondary N) is 1. The molecule has 3 N–H and O–H groups in total. The maximum Gasteiger partial charge on any atom is 0.224 e. The third-order valence-corrected chi connectivity index (χ3v) is 3.65. The van der Waals surface area contributed by atoms with Gasteiger partial charge in [-0.15, -0.1) is 0 Å². The number of carbonyl (C=O) groups is 1.